The second-order valence-electron chi connectivity index (χ2n) is 6.86. The second kappa shape index (κ2) is 5.78. The Morgan fingerprint density at radius 3 is 2.25 bits per heavy atom. The summed E-state index contributed by atoms with van der Waals surface area (Å²) in [4.78, 5) is 11.7. The summed E-state index contributed by atoms with van der Waals surface area (Å²) in [6, 6.07) is 8.63. The van der Waals surface area contributed by atoms with Crippen molar-refractivity contribution in [3.63, 3.8) is 0 Å². The van der Waals surface area contributed by atoms with Gasteiger partial charge in [-0.1, -0.05) is 64.1 Å². The molecule has 0 aliphatic heterocycles. The maximum absolute atomic E-state index is 11.7. The molecule has 1 heteroatoms. The molecule has 0 atom stereocenters. The molecule has 0 unspecified atom stereocenters. The monoisotopic (exact) mass is 268 g/mol. The highest BCUT2D eigenvalue weighted by Gasteiger charge is 2.26. The molecule has 0 saturated heterocycles. The van der Waals surface area contributed by atoms with E-state index in [0.717, 1.165) is 12.0 Å². The van der Waals surface area contributed by atoms with Crippen molar-refractivity contribution in [2.75, 3.05) is 0 Å². The van der Waals surface area contributed by atoms with Gasteiger partial charge >= 0.3 is 0 Å². The minimum absolute atomic E-state index is 0.0903. The van der Waals surface area contributed by atoms with Crippen molar-refractivity contribution < 1.29 is 4.79 Å². The first-order valence-corrected chi connectivity index (χ1v) is 7.37. The Morgan fingerprint density at radius 2 is 1.70 bits per heavy atom. The van der Waals surface area contributed by atoms with Crippen LogP contribution in [0.5, 0.6) is 0 Å². The number of carbonyl (C=O) groups is 1. The molecule has 0 aromatic heterocycles. The fourth-order valence-corrected chi connectivity index (χ4v) is 2.70. The summed E-state index contributed by atoms with van der Waals surface area (Å²) in [5.74, 6) is 0.809. The van der Waals surface area contributed by atoms with E-state index in [1.165, 1.54) is 11.1 Å². The zero-order valence-electron chi connectivity index (χ0n) is 12.9. The molecule has 0 amide bonds. The molecule has 0 saturated carbocycles. The summed E-state index contributed by atoms with van der Waals surface area (Å²) < 4.78 is 0. The van der Waals surface area contributed by atoms with Crippen molar-refractivity contribution in [3.8, 4) is 0 Å². The SMILES string of the molecule is CC(C)c1ccc(C=CC2=CC(=O)CC(C)(C)C2)cc1. The molecule has 1 aromatic carbocycles. The average molecular weight is 268 g/mol. The first-order valence-electron chi connectivity index (χ1n) is 7.37. The highest BCUT2D eigenvalue weighted by atomic mass is 16.1. The minimum atomic E-state index is 0.0903. The molecule has 1 aliphatic carbocycles. The quantitative estimate of drug-likeness (QED) is 0.742. The molecule has 20 heavy (non-hydrogen) atoms. The van der Waals surface area contributed by atoms with Crippen LogP contribution in [0.1, 0.15) is 57.6 Å². The smallest absolute Gasteiger partial charge is 0.156 e. The van der Waals surface area contributed by atoms with Gasteiger partial charge in [0.2, 0.25) is 0 Å². The summed E-state index contributed by atoms with van der Waals surface area (Å²) in [5.41, 5.74) is 3.77. The third kappa shape index (κ3) is 3.93. The van der Waals surface area contributed by atoms with Gasteiger partial charge in [0.05, 0.1) is 0 Å². The number of hydrogen-bond acceptors (Lipinski definition) is 1. The second-order valence-corrected chi connectivity index (χ2v) is 6.86. The third-order valence-electron chi connectivity index (χ3n) is 3.77. The summed E-state index contributed by atoms with van der Waals surface area (Å²) in [6.07, 6.45) is 7.62. The van der Waals surface area contributed by atoms with Crippen LogP contribution in [0.25, 0.3) is 6.08 Å². The topological polar surface area (TPSA) is 17.1 Å². The molecule has 1 nitrogen and oxygen atoms in total. The molecule has 106 valence electrons. The lowest BCUT2D eigenvalue weighted by Gasteiger charge is -2.27. The molecule has 2 rings (SSSR count). The van der Waals surface area contributed by atoms with E-state index >= 15 is 0 Å². The van der Waals surface area contributed by atoms with Gasteiger partial charge in [-0.15, -0.1) is 0 Å². The van der Waals surface area contributed by atoms with E-state index < -0.39 is 0 Å². The van der Waals surface area contributed by atoms with Crippen molar-refractivity contribution in [2.24, 2.45) is 5.41 Å². The number of allylic oxidation sites excluding steroid dienone is 3. The number of hydrogen-bond donors (Lipinski definition) is 0. The third-order valence-corrected chi connectivity index (χ3v) is 3.77. The van der Waals surface area contributed by atoms with Gasteiger partial charge in [-0.3, -0.25) is 4.79 Å². The van der Waals surface area contributed by atoms with E-state index in [-0.39, 0.29) is 11.2 Å². The first-order chi connectivity index (χ1) is 9.35. The highest BCUT2D eigenvalue weighted by molar-refractivity contribution is 5.92. The predicted octanol–water partition coefficient (Wildman–Crippen LogP) is 5.14. The van der Waals surface area contributed by atoms with Crippen LogP contribution >= 0.6 is 0 Å². The summed E-state index contributed by atoms with van der Waals surface area (Å²) in [6.45, 7) is 8.71. The van der Waals surface area contributed by atoms with Crippen molar-refractivity contribution in [1.82, 2.24) is 0 Å². The number of rotatable bonds is 3. The number of carbonyl (C=O) groups excluding carboxylic acids is 1. The van der Waals surface area contributed by atoms with Crippen molar-refractivity contribution in [3.05, 3.63) is 53.1 Å². The van der Waals surface area contributed by atoms with Crippen LogP contribution in [-0.4, -0.2) is 5.78 Å². The Morgan fingerprint density at radius 1 is 1.05 bits per heavy atom. The van der Waals surface area contributed by atoms with Crippen LogP contribution < -0.4 is 0 Å². The maximum Gasteiger partial charge on any atom is 0.156 e. The first kappa shape index (κ1) is 14.8. The molecule has 1 aliphatic rings. The molecular formula is C19H24O. The Kier molecular flexibility index (Phi) is 4.27. The van der Waals surface area contributed by atoms with E-state index in [0.29, 0.717) is 12.3 Å². The molecule has 0 bridgehead atoms. The lowest BCUT2D eigenvalue weighted by atomic mass is 9.77. The Hall–Kier alpha value is -1.63. The Balaban J connectivity index is 2.11. The highest BCUT2D eigenvalue weighted by Crippen LogP contribution is 2.34. The Bertz CT molecular complexity index is 542. The molecule has 0 heterocycles. The minimum Gasteiger partial charge on any atom is -0.295 e. The van der Waals surface area contributed by atoms with Crippen LogP contribution in [0.3, 0.4) is 0 Å². The fraction of sp³-hybridized carbons (Fsp3) is 0.421. The van der Waals surface area contributed by atoms with Gasteiger partial charge < -0.3 is 0 Å². The summed E-state index contributed by atoms with van der Waals surface area (Å²) >= 11 is 0. The van der Waals surface area contributed by atoms with Gasteiger partial charge in [-0.05, 0) is 40.5 Å². The molecule has 1 aromatic rings. The average Bonchev–Trinajstić information content (AvgIpc) is 2.34. The van der Waals surface area contributed by atoms with Crippen molar-refractivity contribution in [1.29, 1.82) is 0 Å². The van der Waals surface area contributed by atoms with Gasteiger partial charge in [0.15, 0.2) is 5.78 Å². The fourth-order valence-electron chi connectivity index (χ4n) is 2.70. The van der Waals surface area contributed by atoms with E-state index in [1.54, 1.807) is 6.08 Å². The zero-order valence-corrected chi connectivity index (χ0v) is 12.9. The van der Waals surface area contributed by atoms with Crippen LogP contribution in [0.2, 0.25) is 0 Å². The van der Waals surface area contributed by atoms with Crippen LogP contribution in [0, 0.1) is 5.41 Å². The van der Waals surface area contributed by atoms with Crippen molar-refractivity contribution in [2.45, 2.75) is 46.5 Å². The van der Waals surface area contributed by atoms with Crippen molar-refractivity contribution >= 4 is 11.9 Å². The van der Waals surface area contributed by atoms with Gasteiger partial charge in [0, 0.05) is 6.42 Å². The summed E-state index contributed by atoms with van der Waals surface area (Å²) in [7, 11) is 0. The van der Waals surface area contributed by atoms with Gasteiger partial charge in [-0.2, -0.15) is 0 Å². The van der Waals surface area contributed by atoms with Crippen LogP contribution in [0.15, 0.2) is 42.0 Å². The largest absolute Gasteiger partial charge is 0.295 e. The van der Waals surface area contributed by atoms with Gasteiger partial charge in [-0.25, -0.2) is 0 Å². The van der Waals surface area contributed by atoms with E-state index in [4.69, 9.17) is 0 Å². The standard InChI is InChI=1S/C19H24O/c1-14(2)17-9-7-15(8-10-17)5-6-16-11-18(20)13-19(3,4)12-16/h5-11,14H,12-13H2,1-4H3. The maximum atomic E-state index is 11.7. The van der Waals surface area contributed by atoms with Gasteiger partial charge in [0.1, 0.15) is 0 Å². The predicted molar refractivity (Wildman–Crippen MR) is 85.7 cm³/mol. The number of benzene rings is 1. The molecule has 0 fully saturated rings. The van der Waals surface area contributed by atoms with Gasteiger partial charge in [0.25, 0.3) is 0 Å². The van der Waals surface area contributed by atoms with E-state index in [2.05, 4.69) is 64.1 Å². The molecule has 0 spiro atoms. The summed E-state index contributed by atoms with van der Waals surface area (Å²) in [5, 5.41) is 0. The molecule has 0 N–H and O–H groups in total. The molecular weight excluding hydrogens is 244 g/mol. The van der Waals surface area contributed by atoms with E-state index in [1.807, 2.05) is 0 Å². The lowest BCUT2D eigenvalue weighted by molar-refractivity contribution is -0.116. The lowest BCUT2D eigenvalue weighted by Crippen LogP contribution is -2.21. The molecule has 0 radical (unpaired) electrons. The number of ketones is 1. The van der Waals surface area contributed by atoms with Crippen LogP contribution in [-0.2, 0) is 4.79 Å². The van der Waals surface area contributed by atoms with Crippen LogP contribution in [0.4, 0.5) is 0 Å². The normalized spacial score (nSPS) is 18.6. The zero-order chi connectivity index (χ0) is 14.8. The van der Waals surface area contributed by atoms with E-state index in [9.17, 15) is 4.79 Å². The Labute approximate surface area is 122 Å².